The highest BCUT2D eigenvalue weighted by molar-refractivity contribution is 14.1. The van der Waals surface area contributed by atoms with Gasteiger partial charge in [0, 0.05) is 47.1 Å². The molecule has 0 aromatic carbocycles. The van der Waals surface area contributed by atoms with E-state index in [1.54, 1.807) is 0 Å². The largest absolute Gasteiger partial charge is 0.417 e. The van der Waals surface area contributed by atoms with Crippen molar-refractivity contribution in [3.8, 4) is 0 Å². The van der Waals surface area contributed by atoms with Crippen LogP contribution in [0.15, 0.2) is 18.3 Å². The summed E-state index contributed by atoms with van der Waals surface area (Å²) in [6, 6.07) is 2.37. The van der Waals surface area contributed by atoms with E-state index in [0.29, 0.717) is 12.1 Å². The summed E-state index contributed by atoms with van der Waals surface area (Å²) in [6.07, 6.45) is -4.03. The first-order valence-corrected chi connectivity index (χ1v) is 19.6. The zero-order valence-corrected chi connectivity index (χ0v) is 30.2. The first kappa shape index (κ1) is 34.2. The molecule has 1 fully saturated rings. The molecule has 0 N–H and O–H groups in total. The second-order valence-corrected chi connectivity index (χ2v) is 21.9. The third-order valence-electron chi connectivity index (χ3n) is 10.1. The van der Waals surface area contributed by atoms with Gasteiger partial charge in [0.05, 0.1) is 21.3 Å². The van der Waals surface area contributed by atoms with Crippen LogP contribution in [-0.4, -0.2) is 28.1 Å². The lowest BCUT2D eigenvalue weighted by Gasteiger charge is -2.47. The lowest BCUT2D eigenvalue weighted by molar-refractivity contribution is -0.138. The average molecular weight is 751 g/mol. The van der Waals surface area contributed by atoms with E-state index < -0.39 is 41.6 Å². The Bertz CT molecular complexity index is 1420. The lowest BCUT2D eigenvalue weighted by atomic mass is 9.68. The third kappa shape index (κ3) is 6.00. The third-order valence-corrected chi connectivity index (χ3v) is 16.1. The standard InChI is InChI=1S/C33H44F5IN2O2Si/c1-18(2)27-25-26(24-21(41-27)14-30(6,7)15-22(24)43-44(8,9)29(3,4)5)32(13-12-31(34,35)16-23(32)39)42-28(25)20-11-10-19(17-40-20)33(36,37)38/h10-11,17-18,22-23,28H,12-16H2,1-9H3/t22-,23?,28-,32?/m0/s1. The SMILES string of the molecule is CC(C)c1nc2c(c3c1[C@H](c1ccc(C(F)(F)F)cn1)OC31CCC(F)(F)CC1I)[C@@H](O[Si](C)(C)C(C)(C)C)CC(C)(C)C2. The van der Waals surface area contributed by atoms with Gasteiger partial charge in [0.25, 0.3) is 0 Å². The second kappa shape index (κ2) is 10.9. The minimum Gasteiger partial charge on any atom is -0.410 e. The van der Waals surface area contributed by atoms with Gasteiger partial charge in [-0.05, 0) is 60.9 Å². The van der Waals surface area contributed by atoms with E-state index in [9.17, 15) is 22.0 Å². The summed E-state index contributed by atoms with van der Waals surface area (Å²) in [4.78, 5) is 9.54. The molecule has 1 saturated carbocycles. The Morgan fingerprint density at radius 1 is 1.05 bits per heavy atom. The summed E-state index contributed by atoms with van der Waals surface area (Å²) in [5.74, 6) is -2.88. The van der Waals surface area contributed by atoms with Gasteiger partial charge in [0.15, 0.2) is 8.32 Å². The van der Waals surface area contributed by atoms with Crippen molar-refractivity contribution in [3.63, 3.8) is 0 Å². The summed E-state index contributed by atoms with van der Waals surface area (Å²) in [6.45, 7) is 19.5. The molecule has 3 heterocycles. The van der Waals surface area contributed by atoms with Crippen molar-refractivity contribution in [2.45, 2.75) is 138 Å². The van der Waals surface area contributed by atoms with Crippen molar-refractivity contribution in [1.82, 2.24) is 9.97 Å². The van der Waals surface area contributed by atoms with Crippen molar-refractivity contribution in [1.29, 1.82) is 0 Å². The fourth-order valence-corrected chi connectivity index (χ4v) is 9.50. The molecule has 2 unspecified atom stereocenters. The Morgan fingerprint density at radius 2 is 1.70 bits per heavy atom. The van der Waals surface area contributed by atoms with Crippen LogP contribution in [0.1, 0.15) is 132 Å². The Morgan fingerprint density at radius 3 is 2.23 bits per heavy atom. The predicted molar refractivity (Wildman–Crippen MR) is 172 cm³/mol. The van der Waals surface area contributed by atoms with Crippen molar-refractivity contribution < 1.29 is 31.1 Å². The van der Waals surface area contributed by atoms with E-state index in [1.165, 1.54) is 6.07 Å². The number of hydrogen-bond donors (Lipinski definition) is 0. The second-order valence-electron chi connectivity index (χ2n) is 15.6. The molecule has 4 nitrogen and oxygen atoms in total. The molecule has 244 valence electrons. The molecule has 0 radical (unpaired) electrons. The molecule has 2 aliphatic carbocycles. The number of hydrogen-bond acceptors (Lipinski definition) is 4. The van der Waals surface area contributed by atoms with E-state index >= 15 is 0 Å². The van der Waals surface area contributed by atoms with Gasteiger partial charge in [-0.1, -0.05) is 71.1 Å². The highest BCUT2D eigenvalue weighted by Gasteiger charge is 2.60. The Hall–Kier alpha value is -1.18. The van der Waals surface area contributed by atoms with Crippen LogP contribution in [0, 0.1) is 5.41 Å². The molecule has 5 rings (SSSR count). The Labute approximate surface area is 272 Å². The van der Waals surface area contributed by atoms with Gasteiger partial charge in [-0.2, -0.15) is 13.2 Å². The van der Waals surface area contributed by atoms with E-state index in [2.05, 4.69) is 75.3 Å². The fourth-order valence-electron chi connectivity index (χ4n) is 6.82. The number of ether oxygens (including phenoxy) is 1. The van der Waals surface area contributed by atoms with Gasteiger partial charge in [0.2, 0.25) is 5.92 Å². The summed E-state index contributed by atoms with van der Waals surface area (Å²) < 4.78 is 83.8. The fraction of sp³-hybridized carbons (Fsp3) is 0.697. The molecule has 0 saturated heterocycles. The molecule has 4 atom stereocenters. The van der Waals surface area contributed by atoms with Crippen LogP contribution >= 0.6 is 22.6 Å². The van der Waals surface area contributed by atoms with Gasteiger partial charge in [-0.3, -0.25) is 9.97 Å². The first-order valence-electron chi connectivity index (χ1n) is 15.5. The monoisotopic (exact) mass is 750 g/mol. The molecule has 1 spiro atoms. The van der Waals surface area contributed by atoms with Gasteiger partial charge in [-0.25, -0.2) is 8.78 Å². The van der Waals surface area contributed by atoms with Crippen LogP contribution in [0.5, 0.6) is 0 Å². The highest BCUT2D eigenvalue weighted by Crippen LogP contribution is 2.62. The normalized spacial score (nSPS) is 28.3. The predicted octanol–water partition coefficient (Wildman–Crippen LogP) is 10.6. The van der Waals surface area contributed by atoms with Crippen LogP contribution < -0.4 is 0 Å². The van der Waals surface area contributed by atoms with Gasteiger partial charge >= 0.3 is 6.18 Å². The van der Waals surface area contributed by atoms with E-state index in [1.807, 2.05) is 13.8 Å². The molecule has 44 heavy (non-hydrogen) atoms. The Kier molecular flexibility index (Phi) is 8.49. The number of nitrogens with zero attached hydrogens (tertiary/aromatic N) is 2. The molecule has 0 amide bonds. The maximum absolute atomic E-state index is 14.9. The molecule has 11 heteroatoms. The molecule has 3 aliphatic rings. The van der Waals surface area contributed by atoms with Crippen molar-refractivity contribution in [2.75, 3.05) is 0 Å². The van der Waals surface area contributed by atoms with Gasteiger partial charge < -0.3 is 9.16 Å². The van der Waals surface area contributed by atoms with E-state index in [-0.39, 0.29) is 41.7 Å². The Balaban J connectivity index is 1.80. The maximum Gasteiger partial charge on any atom is 0.417 e. The number of rotatable bonds is 4. The maximum atomic E-state index is 14.9. The lowest BCUT2D eigenvalue weighted by Crippen LogP contribution is -2.48. The number of aromatic nitrogens is 2. The van der Waals surface area contributed by atoms with Crippen LogP contribution in [-0.2, 0) is 27.4 Å². The van der Waals surface area contributed by atoms with Crippen molar-refractivity contribution in [2.24, 2.45) is 5.41 Å². The number of halogens is 6. The molecule has 2 aromatic rings. The number of alkyl halides is 6. The van der Waals surface area contributed by atoms with Crippen LogP contribution in [0.3, 0.4) is 0 Å². The molecule has 2 aromatic heterocycles. The van der Waals surface area contributed by atoms with Crippen LogP contribution in [0.2, 0.25) is 18.1 Å². The van der Waals surface area contributed by atoms with E-state index in [0.717, 1.165) is 46.8 Å². The summed E-state index contributed by atoms with van der Waals surface area (Å²) in [5, 5.41) is -0.0667. The summed E-state index contributed by atoms with van der Waals surface area (Å²) in [7, 11) is -2.31. The topological polar surface area (TPSA) is 44.2 Å². The number of fused-ring (bicyclic) bond motifs is 4. The quantitative estimate of drug-likeness (QED) is 0.135. The zero-order chi connectivity index (χ0) is 32.8. The minimum absolute atomic E-state index is 0.0489. The first-order chi connectivity index (χ1) is 20.0. The molecular weight excluding hydrogens is 706 g/mol. The van der Waals surface area contributed by atoms with E-state index in [4.69, 9.17) is 14.1 Å². The van der Waals surface area contributed by atoms with Crippen LogP contribution in [0.4, 0.5) is 22.0 Å². The molecule has 0 bridgehead atoms. The van der Waals surface area contributed by atoms with Gasteiger partial charge in [0.1, 0.15) is 11.7 Å². The molecule has 1 aliphatic heterocycles. The van der Waals surface area contributed by atoms with Gasteiger partial charge in [-0.15, -0.1) is 0 Å². The average Bonchev–Trinajstić information content (AvgIpc) is 3.20. The van der Waals surface area contributed by atoms with Crippen LogP contribution in [0.25, 0.3) is 0 Å². The summed E-state index contributed by atoms with van der Waals surface area (Å²) in [5.41, 5.74) is 2.54. The minimum atomic E-state index is -4.53. The molecular formula is C33H44F5IN2O2Si. The number of pyridine rings is 2. The summed E-state index contributed by atoms with van der Waals surface area (Å²) >= 11 is 2.11. The highest BCUT2D eigenvalue weighted by atomic mass is 127. The van der Waals surface area contributed by atoms with Crippen molar-refractivity contribution >= 4 is 30.9 Å². The zero-order valence-electron chi connectivity index (χ0n) is 27.1. The van der Waals surface area contributed by atoms with Crippen molar-refractivity contribution in [3.05, 3.63) is 57.7 Å². The smallest absolute Gasteiger partial charge is 0.410 e.